The van der Waals surface area contributed by atoms with Crippen molar-refractivity contribution in [2.75, 3.05) is 31.3 Å². The molecule has 0 spiro atoms. The summed E-state index contributed by atoms with van der Waals surface area (Å²) in [6.07, 6.45) is 2.65. The van der Waals surface area contributed by atoms with E-state index in [-0.39, 0.29) is 17.6 Å². The summed E-state index contributed by atoms with van der Waals surface area (Å²) in [5.41, 5.74) is 0.692. The van der Waals surface area contributed by atoms with Crippen molar-refractivity contribution >= 4 is 21.6 Å². The average molecular weight is 354 g/mol. The molecule has 0 unspecified atom stereocenters. The van der Waals surface area contributed by atoms with Gasteiger partial charge in [0.05, 0.1) is 12.9 Å². The van der Waals surface area contributed by atoms with Gasteiger partial charge >= 0.3 is 0 Å². The SMILES string of the molecule is CCCCS(=O)(=O)N1CCC(C(=O)Nc2cccc(OC)c2)CC1. The summed E-state index contributed by atoms with van der Waals surface area (Å²) in [4.78, 5) is 12.4. The number of hydrogen-bond acceptors (Lipinski definition) is 4. The van der Waals surface area contributed by atoms with Gasteiger partial charge in [-0.05, 0) is 31.4 Å². The molecule has 1 N–H and O–H groups in total. The molecule has 1 aromatic rings. The van der Waals surface area contributed by atoms with E-state index in [0.717, 1.165) is 6.42 Å². The van der Waals surface area contributed by atoms with Crippen LogP contribution in [-0.4, -0.2) is 44.6 Å². The highest BCUT2D eigenvalue weighted by molar-refractivity contribution is 7.89. The first-order valence-corrected chi connectivity index (χ1v) is 10.00. The lowest BCUT2D eigenvalue weighted by molar-refractivity contribution is -0.120. The Kier molecular flexibility index (Phi) is 6.62. The van der Waals surface area contributed by atoms with Crippen LogP contribution < -0.4 is 10.1 Å². The second kappa shape index (κ2) is 8.48. The minimum absolute atomic E-state index is 0.0612. The van der Waals surface area contributed by atoms with Gasteiger partial charge in [0.2, 0.25) is 15.9 Å². The van der Waals surface area contributed by atoms with Crippen molar-refractivity contribution < 1.29 is 17.9 Å². The Morgan fingerprint density at radius 3 is 2.67 bits per heavy atom. The molecule has 7 heteroatoms. The molecule has 1 heterocycles. The predicted molar refractivity (Wildman–Crippen MR) is 94.6 cm³/mol. The van der Waals surface area contributed by atoms with Gasteiger partial charge in [0, 0.05) is 30.8 Å². The Balaban J connectivity index is 1.88. The van der Waals surface area contributed by atoms with Gasteiger partial charge in [-0.1, -0.05) is 19.4 Å². The smallest absolute Gasteiger partial charge is 0.227 e. The van der Waals surface area contributed by atoms with Crippen molar-refractivity contribution in [1.29, 1.82) is 0 Å². The van der Waals surface area contributed by atoms with Gasteiger partial charge in [-0.3, -0.25) is 4.79 Å². The molecular weight excluding hydrogens is 328 g/mol. The van der Waals surface area contributed by atoms with E-state index in [4.69, 9.17) is 4.74 Å². The summed E-state index contributed by atoms with van der Waals surface area (Å²) in [7, 11) is -1.60. The van der Waals surface area contributed by atoms with Crippen molar-refractivity contribution in [2.24, 2.45) is 5.92 Å². The molecule has 0 saturated carbocycles. The van der Waals surface area contributed by atoms with Gasteiger partial charge in [-0.2, -0.15) is 0 Å². The highest BCUT2D eigenvalue weighted by Gasteiger charge is 2.30. The molecule has 1 aliphatic heterocycles. The third-order valence-corrected chi connectivity index (χ3v) is 6.27. The molecule has 2 rings (SSSR count). The summed E-state index contributed by atoms with van der Waals surface area (Å²) < 4.78 is 31.1. The van der Waals surface area contributed by atoms with Gasteiger partial charge in [-0.25, -0.2) is 12.7 Å². The highest BCUT2D eigenvalue weighted by atomic mass is 32.2. The Labute approximate surface area is 144 Å². The van der Waals surface area contributed by atoms with Gasteiger partial charge in [0.1, 0.15) is 5.75 Å². The number of piperidine rings is 1. The number of amides is 1. The lowest BCUT2D eigenvalue weighted by atomic mass is 9.97. The number of carbonyl (C=O) groups is 1. The van der Waals surface area contributed by atoms with Crippen LogP contribution in [0, 0.1) is 5.92 Å². The first kappa shape index (κ1) is 18.7. The number of nitrogens with one attached hydrogen (secondary N) is 1. The lowest BCUT2D eigenvalue weighted by Gasteiger charge is -2.30. The van der Waals surface area contributed by atoms with Crippen LogP contribution in [0.25, 0.3) is 0 Å². The molecule has 0 aliphatic carbocycles. The summed E-state index contributed by atoms with van der Waals surface area (Å²) in [6.45, 7) is 2.81. The van der Waals surface area contributed by atoms with E-state index in [0.29, 0.717) is 43.8 Å². The maximum absolute atomic E-state index is 12.4. The quantitative estimate of drug-likeness (QED) is 0.816. The van der Waals surface area contributed by atoms with Crippen LogP contribution >= 0.6 is 0 Å². The van der Waals surface area contributed by atoms with E-state index in [1.54, 1.807) is 13.2 Å². The van der Waals surface area contributed by atoms with E-state index in [1.165, 1.54) is 4.31 Å². The minimum atomic E-state index is -3.18. The Morgan fingerprint density at radius 1 is 1.33 bits per heavy atom. The summed E-state index contributed by atoms with van der Waals surface area (Å²) in [6, 6.07) is 7.21. The molecule has 134 valence electrons. The second-order valence-electron chi connectivity index (χ2n) is 6.06. The van der Waals surface area contributed by atoms with Crippen LogP contribution in [0.1, 0.15) is 32.6 Å². The number of methoxy groups -OCH3 is 1. The number of carbonyl (C=O) groups excluding carboxylic acids is 1. The topological polar surface area (TPSA) is 75.7 Å². The zero-order chi connectivity index (χ0) is 17.6. The van der Waals surface area contributed by atoms with E-state index >= 15 is 0 Å². The number of rotatable bonds is 7. The van der Waals surface area contributed by atoms with Gasteiger partial charge in [-0.15, -0.1) is 0 Å². The molecular formula is C17H26N2O4S. The fourth-order valence-electron chi connectivity index (χ4n) is 2.80. The lowest BCUT2D eigenvalue weighted by Crippen LogP contribution is -2.42. The predicted octanol–water partition coefficient (Wildman–Crippen LogP) is 2.48. The Hall–Kier alpha value is -1.60. The zero-order valence-electron chi connectivity index (χ0n) is 14.3. The third-order valence-electron chi connectivity index (χ3n) is 4.31. The van der Waals surface area contributed by atoms with Crippen LogP contribution in [0.15, 0.2) is 24.3 Å². The summed E-state index contributed by atoms with van der Waals surface area (Å²) in [5, 5.41) is 2.89. The van der Waals surface area contributed by atoms with E-state index in [9.17, 15) is 13.2 Å². The molecule has 0 atom stereocenters. The van der Waals surface area contributed by atoms with Crippen molar-refractivity contribution in [3.63, 3.8) is 0 Å². The number of nitrogens with zero attached hydrogens (tertiary/aromatic N) is 1. The fourth-order valence-corrected chi connectivity index (χ4v) is 4.48. The molecule has 1 aromatic carbocycles. The fraction of sp³-hybridized carbons (Fsp3) is 0.588. The third kappa shape index (κ3) is 4.95. The number of benzene rings is 1. The van der Waals surface area contributed by atoms with E-state index in [1.807, 2.05) is 25.1 Å². The van der Waals surface area contributed by atoms with Crippen molar-refractivity contribution in [3.8, 4) is 5.75 Å². The number of anilines is 1. The highest BCUT2D eigenvalue weighted by Crippen LogP contribution is 2.23. The molecule has 0 aromatic heterocycles. The number of ether oxygens (including phenoxy) is 1. The van der Waals surface area contributed by atoms with Gasteiger partial charge in [0.15, 0.2) is 0 Å². The molecule has 0 bridgehead atoms. The average Bonchev–Trinajstić information content (AvgIpc) is 2.60. The summed E-state index contributed by atoms with van der Waals surface area (Å²) >= 11 is 0. The molecule has 0 radical (unpaired) electrons. The minimum Gasteiger partial charge on any atom is -0.497 e. The van der Waals surface area contributed by atoms with Gasteiger partial charge in [0.25, 0.3) is 0 Å². The van der Waals surface area contributed by atoms with Crippen molar-refractivity contribution in [3.05, 3.63) is 24.3 Å². The van der Waals surface area contributed by atoms with Crippen molar-refractivity contribution in [2.45, 2.75) is 32.6 Å². The maximum Gasteiger partial charge on any atom is 0.227 e. The monoisotopic (exact) mass is 354 g/mol. The van der Waals surface area contributed by atoms with E-state index in [2.05, 4.69) is 5.32 Å². The number of hydrogen-bond donors (Lipinski definition) is 1. The van der Waals surface area contributed by atoms with Gasteiger partial charge < -0.3 is 10.1 Å². The van der Waals surface area contributed by atoms with Crippen LogP contribution in [0.4, 0.5) is 5.69 Å². The Bertz CT molecular complexity index is 652. The van der Waals surface area contributed by atoms with E-state index < -0.39 is 10.0 Å². The van der Waals surface area contributed by atoms with Crippen molar-refractivity contribution in [1.82, 2.24) is 4.31 Å². The number of sulfonamides is 1. The number of unbranched alkanes of at least 4 members (excludes halogenated alkanes) is 1. The standard InChI is InChI=1S/C17H26N2O4S/c1-3-4-12-24(21,22)19-10-8-14(9-11-19)17(20)18-15-6-5-7-16(13-15)23-2/h5-7,13-14H,3-4,8-12H2,1-2H3,(H,18,20). The first-order valence-electron chi connectivity index (χ1n) is 8.39. The molecule has 1 amide bonds. The van der Waals surface area contributed by atoms with Crippen LogP contribution in [0.2, 0.25) is 0 Å². The molecule has 6 nitrogen and oxygen atoms in total. The normalized spacial score (nSPS) is 16.8. The maximum atomic E-state index is 12.4. The Morgan fingerprint density at radius 2 is 2.04 bits per heavy atom. The molecule has 1 saturated heterocycles. The molecule has 1 fully saturated rings. The first-order chi connectivity index (χ1) is 11.5. The van der Waals surface area contributed by atoms with Crippen LogP contribution in [-0.2, 0) is 14.8 Å². The zero-order valence-corrected chi connectivity index (χ0v) is 15.1. The summed E-state index contributed by atoms with van der Waals surface area (Å²) in [5.74, 6) is 0.664. The second-order valence-corrected chi connectivity index (χ2v) is 8.15. The van der Waals surface area contributed by atoms with Crippen LogP contribution in [0.3, 0.4) is 0 Å². The van der Waals surface area contributed by atoms with Crippen LogP contribution in [0.5, 0.6) is 5.75 Å². The molecule has 24 heavy (non-hydrogen) atoms. The molecule has 1 aliphatic rings. The largest absolute Gasteiger partial charge is 0.497 e.